The van der Waals surface area contributed by atoms with Crippen molar-refractivity contribution in [3.8, 4) is 17.2 Å². The van der Waals surface area contributed by atoms with Gasteiger partial charge in [-0.3, -0.25) is 4.79 Å². The fourth-order valence-corrected chi connectivity index (χ4v) is 4.39. The minimum absolute atomic E-state index is 0.221. The summed E-state index contributed by atoms with van der Waals surface area (Å²) in [6.07, 6.45) is 3.54. The van der Waals surface area contributed by atoms with Crippen LogP contribution in [0, 0.1) is 12.3 Å². The van der Waals surface area contributed by atoms with Crippen LogP contribution in [0.25, 0.3) is 0 Å². The third kappa shape index (κ3) is 10.9. The van der Waals surface area contributed by atoms with Crippen molar-refractivity contribution in [2.75, 3.05) is 13.2 Å². The Labute approximate surface area is 281 Å². The average Bonchev–Trinajstić information content (AvgIpc) is 3.07. The van der Waals surface area contributed by atoms with Crippen LogP contribution in [0.4, 0.5) is 11.4 Å². The molecule has 4 aromatic rings. The molecule has 0 fully saturated rings. The monoisotopic (exact) mass is 650 g/mol. The summed E-state index contributed by atoms with van der Waals surface area (Å²) in [6, 6.07) is 26.0. The summed E-state index contributed by atoms with van der Waals surface area (Å²) in [5, 5.41) is 8.61. The van der Waals surface area contributed by atoms with Gasteiger partial charge in [0.25, 0.3) is 0 Å². The second-order valence-electron chi connectivity index (χ2n) is 12.3. The lowest BCUT2D eigenvalue weighted by atomic mass is 9.97. The van der Waals surface area contributed by atoms with Crippen LogP contribution in [-0.4, -0.2) is 31.1 Å². The van der Waals surface area contributed by atoms with E-state index in [1.54, 1.807) is 42.5 Å². The molecule has 0 heterocycles. The topological polar surface area (TPSA) is 113 Å². The molecule has 0 aliphatic heterocycles. The maximum atomic E-state index is 12.8. The summed E-state index contributed by atoms with van der Waals surface area (Å²) < 4.78 is 22.0. The van der Waals surface area contributed by atoms with Crippen LogP contribution in [0.15, 0.2) is 101 Å². The Morgan fingerprint density at radius 2 is 1.23 bits per heavy atom. The van der Waals surface area contributed by atoms with Gasteiger partial charge < -0.3 is 18.9 Å². The fourth-order valence-electron chi connectivity index (χ4n) is 4.39. The predicted molar refractivity (Wildman–Crippen MR) is 184 cm³/mol. The highest BCUT2D eigenvalue weighted by Gasteiger charge is 2.22. The SMILES string of the molecule is CCCc1ccc(/N=N/c2ccc(OC(=O)c3ccc(OC(=O)c4ccc(OCCCCOC(=O)C(C)(C)C)cc4)cc3)c(C)c2)cc1. The quantitative estimate of drug-likeness (QED) is 0.0578. The largest absolute Gasteiger partial charge is 0.494 e. The number of hydrogen-bond acceptors (Lipinski definition) is 9. The maximum Gasteiger partial charge on any atom is 0.343 e. The number of esters is 3. The lowest BCUT2D eigenvalue weighted by molar-refractivity contribution is -0.153. The minimum atomic E-state index is -0.543. The molecule has 0 saturated heterocycles. The first-order chi connectivity index (χ1) is 23.0. The molecule has 0 saturated carbocycles. The summed E-state index contributed by atoms with van der Waals surface area (Å²) in [7, 11) is 0. The molecule has 0 bridgehead atoms. The van der Waals surface area contributed by atoms with Crippen molar-refractivity contribution in [3.63, 3.8) is 0 Å². The van der Waals surface area contributed by atoms with Crippen molar-refractivity contribution < 1.29 is 33.3 Å². The van der Waals surface area contributed by atoms with Crippen LogP contribution in [0.1, 0.15) is 78.8 Å². The third-order valence-corrected chi connectivity index (χ3v) is 7.16. The van der Waals surface area contributed by atoms with Crippen molar-refractivity contribution >= 4 is 29.3 Å². The molecule has 0 unspecified atom stereocenters. The molecule has 0 radical (unpaired) electrons. The van der Waals surface area contributed by atoms with E-state index in [1.807, 2.05) is 39.8 Å². The van der Waals surface area contributed by atoms with E-state index in [4.69, 9.17) is 18.9 Å². The van der Waals surface area contributed by atoms with Gasteiger partial charge in [0.15, 0.2) is 0 Å². The van der Waals surface area contributed by atoms with E-state index in [0.29, 0.717) is 47.9 Å². The van der Waals surface area contributed by atoms with Crippen LogP contribution in [0.5, 0.6) is 17.2 Å². The summed E-state index contributed by atoms with van der Waals surface area (Å²) in [6.45, 7) is 10.2. The molecule has 0 spiro atoms. The summed E-state index contributed by atoms with van der Waals surface area (Å²) in [5.41, 5.74) is 3.56. The first-order valence-corrected chi connectivity index (χ1v) is 16.1. The molecule has 9 heteroatoms. The Morgan fingerprint density at radius 3 is 1.83 bits per heavy atom. The van der Waals surface area contributed by atoms with Gasteiger partial charge in [0.1, 0.15) is 17.2 Å². The first-order valence-electron chi connectivity index (χ1n) is 16.1. The number of benzene rings is 4. The lowest BCUT2D eigenvalue weighted by Crippen LogP contribution is -2.23. The van der Waals surface area contributed by atoms with E-state index < -0.39 is 17.4 Å². The molecular weight excluding hydrogens is 608 g/mol. The fraction of sp³-hybridized carbons (Fsp3) is 0.308. The third-order valence-electron chi connectivity index (χ3n) is 7.16. The highest BCUT2D eigenvalue weighted by Crippen LogP contribution is 2.27. The molecule has 48 heavy (non-hydrogen) atoms. The predicted octanol–water partition coefficient (Wildman–Crippen LogP) is 9.55. The standard InChI is InChI=1S/C39H42N2O7/c1-6-9-28-10-16-31(17-11-28)40-41-32-18-23-35(27(2)26-32)48-37(43)30-14-21-34(22-15-30)47-36(42)29-12-19-33(20-13-29)45-24-7-8-25-46-38(44)39(3,4)5/h10-23,26H,6-9,24-25H2,1-5H3/b41-40+. The van der Waals surface area contributed by atoms with E-state index in [-0.39, 0.29) is 11.7 Å². The van der Waals surface area contributed by atoms with Gasteiger partial charge in [0.05, 0.1) is 41.1 Å². The van der Waals surface area contributed by atoms with Crippen LogP contribution < -0.4 is 14.2 Å². The normalized spacial score (nSPS) is 11.3. The van der Waals surface area contributed by atoms with Crippen molar-refractivity contribution in [2.45, 2.75) is 60.3 Å². The van der Waals surface area contributed by atoms with Crippen molar-refractivity contribution in [1.29, 1.82) is 0 Å². The lowest BCUT2D eigenvalue weighted by Gasteiger charge is -2.16. The van der Waals surface area contributed by atoms with Crippen LogP contribution in [0.2, 0.25) is 0 Å². The number of ether oxygens (including phenoxy) is 4. The van der Waals surface area contributed by atoms with Gasteiger partial charge >= 0.3 is 17.9 Å². The summed E-state index contributed by atoms with van der Waals surface area (Å²) >= 11 is 0. The highest BCUT2D eigenvalue weighted by atomic mass is 16.5. The van der Waals surface area contributed by atoms with Crippen LogP contribution in [0.3, 0.4) is 0 Å². The highest BCUT2D eigenvalue weighted by molar-refractivity contribution is 5.93. The Kier molecular flexibility index (Phi) is 12.6. The number of hydrogen-bond donors (Lipinski definition) is 0. The molecule has 4 aromatic carbocycles. The van der Waals surface area contributed by atoms with Crippen LogP contribution >= 0.6 is 0 Å². The Balaban J connectivity index is 1.22. The summed E-state index contributed by atoms with van der Waals surface area (Å²) in [5.74, 6) is 0.00476. The van der Waals surface area contributed by atoms with Gasteiger partial charge in [0, 0.05) is 0 Å². The number of rotatable bonds is 14. The molecule has 0 aromatic heterocycles. The van der Waals surface area contributed by atoms with Crippen LogP contribution in [-0.2, 0) is 16.0 Å². The molecule has 0 aliphatic carbocycles. The van der Waals surface area contributed by atoms with E-state index in [2.05, 4.69) is 29.3 Å². The second-order valence-corrected chi connectivity index (χ2v) is 12.3. The molecule has 0 N–H and O–H groups in total. The van der Waals surface area contributed by atoms with Crippen molar-refractivity contribution in [1.82, 2.24) is 0 Å². The first kappa shape index (κ1) is 35.5. The Morgan fingerprint density at radius 1 is 0.667 bits per heavy atom. The number of aryl methyl sites for hydroxylation is 2. The van der Waals surface area contributed by atoms with E-state index in [1.165, 1.54) is 29.8 Å². The smallest absolute Gasteiger partial charge is 0.343 e. The molecule has 0 aliphatic rings. The number of carbonyl (C=O) groups is 3. The Hall–Kier alpha value is -5.31. The van der Waals surface area contributed by atoms with E-state index in [0.717, 1.165) is 30.5 Å². The zero-order chi connectivity index (χ0) is 34.5. The van der Waals surface area contributed by atoms with Gasteiger partial charge in [0.2, 0.25) is 0 Å². The Bertz CT molecular complexity index is 1710. The van der Waals surface area contributed by atoms with Gasteiger partial charge in [-0.15, -0.1) is 0 Å². The number of nitrogens with zero attached hydrogens (tertiary/aromatic N) is 2. The van der Waals surface area contributed by atoms with Gasteiger partial charge in [-0.05, 0) is 137 Å². The van der Waals surface area contributed by atoms with Gasteiger partial charge in [-0.1, -0.05) is 25.5 Å². The van der Waals surface area contributed by atoms with Crippen molar-refractivity contribution in [3.05, 3.63) is 113 Å². The number of carbonyl (C=O) groups excluding carboxylic acids is 3. The molecular formula is C39H42N2O7. The molecule has 0 amide bonds. The number of unbranched alkanes of at least 4 members (excludes halogenated alkanes) is 1. The molecule has 9 nitrogen and oxygen atoms in total. The minimum Gasteiger partial charge on any atom is -0.494 e. The molecule has 4 rings (SSSR count). The average molecular weight is 651 g/mol. The maximum absolute atomic E-state index is 12.8. The molecule has 250 valence electrons. The van der Waals surface area contributed by atoms with Crippen molar-refractivity contribution in [2.24, 2.45) is 15.6 Å². The van der Waals surface area contributed by atoms with Gasteiger partial charge in [-0.25, -0.2) is 9.59 Å². The molecule has 0 atom stereocenters. The summed E-state index contributed by atoms with van der Waals surface area (Å²) in [4.78, 5) is 37.3. The number of azo groups is 1. The van der Waals surface area contributed by atoms with Gasteiger partial charge in [-0.2, -0.15) is 10.2 Å². The zero-order valence-electron chi connectivity index (χ0n) is 28.2. The zero-order valence-corrected chi connectivity index (χ0v) is 28.2. The second kappa shape index (κ2) is 17.0. The van der Waals surface area contributed by atoms with E-state index in [9.17, 15) is 14.4 Å². The van der Waals surface area contributed by atoms with E-state index >= 15 is 0 Å².